The van der Waals surface area contributed by atoms with E-state index < -0.39 is 0 Å². The highest BCUT2D eigenvalue weighted by Gasteiger charge is 2.07. The van der Waals surface area contributed by atoms with Crippen LogP contribution in [0.15, 0.2) is 25.3 Å². The molecular formula is C56H115NO2. The summed E-state index contributed by atoms with van der Waals surface area (Å²) >= 11 is 0. The second-order valence-corrected chi connectivity index (χ2v) is 18.1. The Kier molecular flexibility index (Phi) is 65.5. The van der Waals surface area contributed by atoms with Crippen LogP contribution in [0.5, 0.6) is 0 Å². The van der Waals surface area contributed by atoms with Crippen LogP contribution in [0.25, 0.3) is 0 Å². The summed E-state index contributed by atoms with van der Waals surface area (Å²) in [7, 11) is 3.71. The number of rotatable bonds is 40. The maximum Gasteiger partial charge on any atom is 0.0571 e. The number of allylic oxidation sites excluding steroid dienone is 2. The lowest BCUT2D eigenvalue weighted by atomic mass is 10.0. The van der Waals surface area contributed by atoms with Crippen LogP contribution in [0.1, 0.15) is 297 Å². The van der Waals surface area contributed by atoms with Crippen molar-refractivity contribution < 1.29 is 9.47 Å². The van der Waals surface area contributed by atoms with E-state index >= 15 is 0 Å². The first-order chi connectivity index (χ1) is 29.1. The molecule has 59 heavy (non-hydrogen) atoms. The van der Waals surface area contributed by atoms with Gasteiger partial charge in [-0.3, -0.25) is 0 Å². The fraction of sp³-hybridized carbons (Fsp3) is 0.929. The number of nitrogens with one attached hydrogen (secondary N) is 1. The quantitative estimate of drug-likeness (QED) is 0.0493. The van der Waals surface area contributed by atoms with E-state index in [1.165, 1.54) is 276 Å². The fourth-order valence-corrected chi connectivity index (χ4v) is 7.09. The molecule has 0 aromatic heterocycles. The Morgan fingerprint density at radius 3 is 0.915 bits per heavy atom. The summed E-state index contributed by atoms with van der Waals surface area (Å²) in [4.78, 5) is 0. The minimum Gasteiger partial charge on any atom is -0.381 e. The van der Waals surface area contributed by atoms with Gasteiger partial charge in [0, 0.05) is 14.2 Å². The molecule has 0 heterocycles. The highest BCUT2D eigenvalue weighted by Crippen LogP contribution is 2.17. The van der Waals surface area contributed by atoms with Crippen molar-refractivity contribution in [2.45, 2.75) is 310 Å². The molecule has 0 aromatic rings. The Labute approximate surface area is 375 Å². The minimum atomic E-state index is 0.506. The number of hydrogen-bond donors (Lipinski definition) is 1. The zero-order valence-corrected chi connectivity index (χ0v) is 42.2. The Morgan fingerprint density at radius 2 is 0.644 bits per heavy atom. The third-order valence-electron chi connectivity index (χ3n) is 12.3. The van der Waals surface area contributed by atoms with Gasteiger partial charge in [0.25, 0.3) is 0 Å². The summed E-state index contributed by atoms with van der Waals surface area (Å²) in [5.74, 6) is 0. The first kappa shape index (κ1) is 62.7. The maximum absolute atomic E-state index is 5.61. The van der Waals surface area contributed by atoms with Crippen molar-refractivity contribution in [3.05, 3.63) is 25.3 Å². The predicted octanol–water partition coefficient (Wildman–Crippen LogP) is 19.4. The molecule has 2 aliphatic rings. The smallest absolute Gasteiger partial charge is 0.0571 e. The van der Waals surface area contributed by atoms with Crippen molar-refractivity contribution in [3.8, 4) is 0 Å². The van der Waals surface area contributed by atoms with E-state index in [-0.39, 0.29) is 0 Å². The molecule has 0 radical (unpaired) electrons. The molecule has 2 rings (SSSR count). The molecule has 2 aliphatic carbocycles. The van der Waals surface area contributed by atoms with Gasteiger partial charge in [0.15, 0.2) is 0 Å². The van der Waals surface area contributed by atoms with Gasteiger partial charge in [-0.05, 0) is 77.3 Å². The van der Waals surface area contributed by atoms with E-state index in [1.807, 2.05) is 26.4 Å². The van der Waals surface area contributed by atoms with Gasteiger partial charge in [0.05, 0.1) is 12.2 Å². The number of hydrogen-bond acceptors (Lipinski definition) is 3. The first-order valence-electron chi connectivity index (χ1n) is 27.1. The van der Waals surface area contributed by atoms with Crippen molar-refractivity contribution in [1.29, 1.82) is 0 Å². The van der Waals surface area contributed by atoms with E-state index in [9.17, 15) is 0 Å². The Hall–Kier alpha value is -0.640. The van der Waals surface area contributed by atoms with Gasteiger partial charge in [0.2, 0.25) is 0 Å². The topological polar surface area (TPSA) is 30.5 Å². The third-order valence-corrected chi connectivity index (χ3v) is 12.3. The van der Waals surface area contributed by atoms with Crippen LogP contribution >= 0.6 is 0 Å². The largest absolute Gasteiger partial charge is 0.381 e. The molecule has 1 N–H and O–H groups in total. The van der Waals surface area contributed by atoms with Crippen molar-refractivity contribution in [1.82, 2.24) is 5.32 Å². The summed E-state index contributed by atoms with van der Waals surface area (Å²) in [5.41, 5.74) is 0. The van der Waals surface area contributed by atoms with E-state index in [4.69, 9.17) is 9.47 Å². The summed E-state index contributed by atoms with van der Waals surface area (Å²) in [6, 6.07) is 0. The van der Waals surface area contributed by atoms with Gasteiger partial charge in [0.1, 0.15) is 0 Å². The normalized spacial score (nSPS) is 13.2. The second kappa shape index (κ2) is 61.7. The fourth-order valence-electron chi connectivity index (χ4n) is 7.09. The van der Waals surface area contributed by atoms with Crippen LogP contribution < -0.4 is 5.32 Å². The van der Waals surface area contributed by atoms with Gasteiger partial charge in [-0.25, -0.2) is 0 Å². The van der Waals surface area contributed by atoms with E-state index in [0.29, 0.717) is 12.2 Å². The molecule has 0 saturated heterocycles. The number of methoxy groups -OCH3 is 2. The molecule has 2 saturated carbocycles. The second-order valence-electron chi connectivity index (χ2n) is 18.1. The zero-order chi connectivity index (χ0) is 43.8. The molecule has 0 bridgehead atoms. The minimum absolute atomic E-state index is 0.506. The van der Waals surface area contributed by atoms with E-state index in [1.54, 1.807) is 0 Å². The molecule has 1 atom stereocenters. The Bertz CT molecular complexity index is 646. The summed E-state index contributed by atoms with van der Waals surface area (Å²) < 4.78 is 10.9. The SMILES string of the molecule is C1CCC1.C1CCC1.C=CCCCCCCCNCCCCCCCC=C.CCCCCCCCC(CC)OC.CCCCCCCCC(CCCCCCCC)OC. The standard InChI is InChI=1S/C18H35N.C18H38O.C12H26O.2C4H8/c1-3-5-7-9-11-13-15-17-19-18-16-14-12-10-8-6-4-2;1-4-6-8-10-12-14-16-18(19-3)17-15-13-11-9-7-5-2;1-4-6-7-8-9-10-11-12(5-2)13-3;2*1-2-4-3-1/h3-4,19H,1-2,5-18H2;18H,4-17H2,1-3H3;12H,4-11H2,1-3H3;2*1-4H2. The van der Waals surface area contributed by atoms with Crippen LogP contribution in [-0.4, -0.2) is 39.5 Å². The van der Waals surface area contributed by atoms with Gasteiger partial charge in [-0.15, -0.1) is 13.2 Å². The van der Waals surface area contributed by atoms with Crippen LogP contribution in [0, 0.1) is 0 Å². The lowest BCUT2D eigenvalue weighted by Gasteiger charge is -2.15. The molecule has 0 aromatic carbocycles. The van der Waals surface area contributed by atoms with Crippen LogP contribution in [0.4, 0.5) is 0 Å². The zero-order valence-electron chi connectivity index (χ0n) is 42.2. The molecule has 356 valence electrons. The van der Waals surface area contributed by atoms with Gasteiger partial charge >= 0.3 is 0 Å². The van der Waals surface area contributed by atoms with Crippen LogP contribution in [-0.2, 0) is 9.47 Å². The van der Waals surface area contributed by atoms with Crippen molar-refractivity contribution in [3.63, 3.8) is 0 Å². The summed E-state index contributed by atoms with van der Waals surface area (Å²) in [6.45, 7) is 18.9. The van der Waals surface area contributed by atoms with Gasteiger partial charge < -0.3 is 14.8 Å². The molecule has 0 aliphatic heterocycles. The maximum atomic E-state index is 5.61. The van der Waals surface area contributed by atoms with E-state index in [0.717, 1.165) is 6.42 Å². The third kappa shape index (κ3) is 61.7. The molecule has 3 nitrogen and oxygen atoms in total. The highest BCUT2D eigenvalue weighted by molar-refractivity contribution is 4.66. The highest BCUT2D eigenvalue weighted by atomic mass is 16.5. The van der Waals surface area contributed by atoms with Crippen molar-refractivity contribution in [2.75, 3.05) is 27.3 Å². The van der Waals surface area contributed by atoms with Crippen molar-refractivity contribution in [2.24, 2.45) is 0 Å². The number of unbranched alkanes of at least 4 members (excludes halogenated alkanes) is 25. The Balaban J connectivity index is -0.000000732. The van der Waals surface area contributed by atoms with Crippen LogP contribution in [0.2, 0.25) is 0 Å². The first-order valence-corrected chi connectivity index (χ1v) is 27.1. The van der Waals surface area contributed by atoms with Gasteiger partial charge in [-0.2, -0.15) is 0 Å². The van der Waals surface area contributed by atoms with Crippen molar-refractivity contribution >= 4 is 0 Å². The molecular weight excluding hydrogens is 719 g/mol. The average molecular weight is 835 g/mol. The Morgan fingerprint density at radius 1 is 0.373 bits per heavy atom. The monoisotopic (exact) mass is 834 g/mol. The number of ether oxygens (including phenoxy) is 2. The predicted molar refractivity (Wildman–Crippen MR) is 271 cm³/mol. The van der Waals surface area contributed by atoms with Gasteiger partial charge in [-0.1, -0.05) is 245 Å². The van der Waals surface area contributed by atoms with E-state index in [2.05, 4.69) is 46.2 Å². The molecule has 2 fully saturated rings. The lowest BCUT2D eigenvalue weighted by molar-refractivity contribution is 0.0831. The average Bonchev–Trinajstić information content (AvgIpc) is 3.20. The lowest BCUT2D eigenvalue weighted by Crippen LogP contribution is -2.16. The molecule has 1 unspecified atom stereocenters. The molecule has 0 spiro atoms. The van der Waals surface area contributed by atoms with Crippen LogP contribution in [0.3, 0.4) is 0 Å². The summed E-state index contributed by atoms with van der Waals surface area (Å²) in [6.07, 6.45) is 63.0. The summed E-state index contributed by atoms with van der Waals surface area (Å²) in [5, 5.41) is 3.56. The molecule has 0 amide bonds. The molecule has 3 heteroatoms.